The number of sulfonamides is 1. The smallest absolute Gasteiger partial charge is 0.264 e. The number of hydrogen-bond acceptors (Lipinski definition) is 6. The lowest BCUT2D eigenvalue weighted by Crippen LogP contribution is -2.49. The predicted octanol–water partition coefficient (Wildman–Crippen LogP) is 5.90. The van der Waals surface area contributed by atoms with E-state index in [4.69, 9.17) is 21.1 Å². The van der Waals surface area contributed by atoms with Crippen LogP contribution in [0.4, 0.5) is 5.69 Å². The van der Waals surface area contributed by atoms with Crippen LogP contribution >= 0.6 is 11.6 Å². The summed E-state index contributed by atoms with van der Waals surface area (Å²) < 4.78 is 41.3. The molecule has 9 heteroatoms. The van der Waals surface area contributed by atoms with E-state index in [0.717, 1.165) is 61.7 Å². The SMILES string of the molecule is COC1/C=C/C[C@H](C)[C@@H](C)S(=O)(=O)NC(=O)c2ccc3c(c2)N(C[C@@H]2CC[C@@H]12)C[C@@]1(CCCc2cc(Cl)ccc21)CO3. The van der Waals surface area contributed by atoms with Gasteiger partial charge in [0.1, 0.15) is 5.75 Å². The maximum Gasteiger partial charge on any atom is 0.264 e. The van der Waals surface area contributed by atoms with Crippen LogP contribution in [0.15, 0.2) is 48.6 Å². The summed E-state index contributed by atoms with van der Waals surface area (Å²) in [5.41, 5.74) is 3.48. The molecular formula is C33H41ClN2O5S. The number of nitrogens with one attached hydrogen (secondary N) is 1. The van der Waals surface area contributed by atoms with Crippen molar-refractivity contribution >= 4 is 33.2 Å². The summed E-state index contributed by atoms with van der Waals surface area (Å²) >= 11 is 6.40. The zero-order valence-corrected chi connectivity index (χ0v) is 26.2. The average molecular weight is 613 g/mol. The van der Waals surface area contributed by atoms with E-state index < -0.39 is 21.2 Å². The highest BCUT2D eigenvalue weighted by Gasteiger charge is 2.44. The van der Waals surface area contributed by atoms with E-state index in [1.165, 1.54) is 11.1 Å². The number of halogens is 1. The number of benzene rings is 2. The summed E-state index contributed by atoms with van der Waals surface area (Å²) in [5, 5.41) is 0.00998. The van der Waals surface area contributed by atoms with Crippen LogP contribution in [0, 0.1) is 17.8 Å². The minimum Gasteiger partial charge on any atom is -0.490 e. The Labute approximate surface area is 254 Å². The third-order valence-electron chi connectivity index (χ3n) is 10.3. The van der Waals surface area contributed by atoms with Crippen LogP contribution in [-0.2, 0) is 26.6 Å². The van der Waals surface area contributed by atoms with Crippen LogP contribution in [-0.4, -0.2) is 52.5 Å². The monoisotopic (exact) mass is 612 g/mol. The molecule has 1 N–H and O–H groups in total. The minimum absolute atomic E-state index is 0.0315. The van der Waals surface area contributed by atoms with Crippen LogP contribution < -0.4 is 14.4 Å². The van der Waals surface area contributed by atoms with Gasteiger partial charge in [0.2, 0.25) is 10.0 Å². The lowest BCUT2D eigenvalue weighted by atomic mass is 9.68. The molecule has 226 valence electrons. The van der Waals surface area contributed by atoms with E-state index in [0.29, 0.717) is 30.4 Å². The Morgan fingerprint density at radius 1 is 1.14 bits per heavy atom. The zero-order valence-electron chi connectivity index (χ0n) is 24.6. The van der Waals surface area contributed by atoms with Gasteiger partial charge in [-0.25, -0.2) is 13.1 Å². The Hall–Kier alpha value is -2.55. The van der Waals surface area contributed by atoms with Gasteiger partial charge in [0, 0.05) is 36.2 Å². The van der Waals surface area contributed by atoms with Gasteiger partial charge in [-0.1, -0.05) is 36.7 Å². The number of carbonyl (C=O) groups excluding carboxylic acids is 1. The number of nitrogens with zero attached hydrogens (tertiary/aromatic N) is 1. The highest BCUT2D eigenvalue weighted by Crippen LogP contribution is 2.47. The molecule has 42 heavy (non-hydrogen) atoms. The summed E-state index contributed by atoms with van der Waals surface area (Å²) in [4.78, 5) is 15.7. The fourth-order valence-electron chi connectivity index (χ4n) is 7.39. The van der Waals surface area contributed by atoms with Gasteiger partial charge in [0.15, 0.2) is 0 Å². The Kier molecular flexibility index (Phi) is 8.09. The molecule has 1 unspecified atom stereocenters. The third-order valence-corrected chi connectivity index (χ3v) is 12.4. The summed E-state index contributed by atoms with van der Waals surface area (Å²) in [6.07, 6.45) is 9.93. The fraction of sp³-hybridized carbons (Fsp3) is 0.545. The molecule has 1 fully saturated rings. The van der Waals surface area contributed by atoms with Crippen LogP contribution in [0.2, 0.25) is 5.02 Å². The van der Waals surface area contributed by atoms with Crippen LogP contribution in [0.5, 0.6) is 5.75 Å². The second kappa shape index (κ2) is 11.5. The first-order valence-corrected chi connectivity index (χ1v) is 17.1. The number of carbonyl (C=O) groups is 1. The molecule has 2 aliphatic heterocycles. The maximum atomic E-state index is 13.4. The number of amides is 1. The van der Waals surface area contributed by atoms with Crippen LogP contribution in [0.1, 0.15) is 67.4 Å². The van der Waals surface area contributed by atoms with Crippen molar-refractivity contribution < 1.29 is 22.7 Å². The summed E-state index contributed by atoms with van der Waals surface area (Å²) in [5.74, 6) is 0.710. The number of aryl methyl sites for hydroxylation is 1. The van der Waals surface area contributed by atoms with E-state index >= 15 is 0 Å². The van der Waals surface area contributed by atoms with Crippen molar-refractivity contribution in [1.29, 1.82) is 0 Å². The molecule has 0 aromatic heterocycles. The molecule has 2 aromatic carbocycles. The largest absolute Gasteiger partial charge is 0.490 e. The second-order valence-corrected chi connectivity index (χ2v) is 15.3. The molecule has 2 aromatic rings. The summed E-state index contributed by atoms with van der Waals surface area (Å²) in [7, 11) is -2.13. The van der Waals surface area contributed by atoms with Crippen LogP contribution in [0.25, 0.3) is 0 Å². The molecule has 6 atom stereocenters. The summed E-state index contributed by atoms with van der Waals surface area (Å²) in [6, 6.07) is 11.5. The molecule has 0 saturated heterocycles. The average Bonchev–Trinajstić information content (AvgIpc) is 3.10. The molecule has 2 aliphatic carbocycles. The molecule has 7 nitrogen and oxygen atoms in total. The van der Waals surface area contributed by atoms with E-state index in [-0.39, 0.29) is 17.4 Å². The lowest BCUT2D eigenvalue weighted by Gasteiger charge is -2.46. The number of fused-ring (bicyclic) bond motifs is 4. The summed E-state index contributed by atoms with van der Waals surface area (Å²) in [6.45, 7) is 5.63. The molecule has 1 saturated carbocycles. The minimum atomic E-state index is -3.88. The standard InChI is InChI=1S/C33H41ClN2O5S/c1-21-6-4-8-30(40-3)27-12-9-25(27)18-36-19-33(15-5-7-23-16-26(34)11-13-28(23)33)20-41-31-14-10-24(17-29(31)36)32(37)35-42(38,39)22(21)2/h4,8,10-11,13-14,16-17,21-22,25,27,30H,5-7,9,12,15,18-20H2,1-3H3,(H,35,37)/b8-4+/t21-,22+,25-,27+,30?,33-/m0/s1. The van der Waals surface area contributed by atoms with Crippen molar-refractivity contribution in [3.05, 3.63) is 70.3 Å². The molecule has 2 bridgehead atoms. The molecule has 4 aliphatic rings. The van der Waals surface area contributed by atoms with Crippen molar-refractivity contribution in [1.82, 2.24) is 4.72 Å². The van der Waals surface area contributed by atoms with E-state index in [9.17, 15) is 13.2 Å². The Balaban J connectivity index is 1.43. The van der Waals surface area contributed by atoms with Crippen molar-refractivity contribution in [3.63, 3.8) is 0 Å². The quantitative estimate of drug-likeness (QED) is 0.404. The predicted molar refractivity (Wildman–Crippen MR) is 166 cm³/mol. The van der Waals surface area contributed by atoms with Gasteiger partial charge in [-0.3, -0.25) is 4.79 Å². The normalized spacial score (nSPS) is 33.3. The molecular weight excluding hydrogens is 572 g/mol. The van der Waals surface area contributed by atoms with E-state index in [1.807, 2.05) is 31.2 Å². The number of allylic oxidation sites excluding steroid dienone is 1. The van der Waals surface area contributed by atoms with Crippen molar-refractivity contribution in [2.45, 2.75) is 69.1 Å². The highest BCUT2D eigenvalue weighted by molar-refractivity contribution is 7.90. The van der Waals surface area contributed by atoms with Gasteiger partial charge in [0.25, 0.3) is 5.91 Å². The van der Waals surface area contributed by atoms with Crippen LogP contribution in [0.3, 0.4) is 0 Å². The van der Waals surface area contributed by atoms with E-state index in [1.54, 1.807) is 20.1 Å². The Bertz CT molecular complexity index is 1490. The molecule has 6 rings (SSSR count). The fourth-order valence-corrected chi connectivity index (χ4v) is 8.87. The van der Waals surface area contributed by atoms with Crippen molar-refractivity contribution in [2.24, 2.45) is 17.8 Å². The number of anilines is 1. The van der Waals surface area contributed by atoms with Gasteiger partial charge < -0.3 is 14.4 Å². The van der Waals surface area contributed by atoms with Gasteiger partial charge in [-0.15, -0.1) is 0 Å². The Morgan fingerprint density at radius 3 is 2.74 bits per heavy atom. The van der Waals surface area contributed by atoms with Gasteiger partial charge >= 0.3 is 0 Å². The number of rotatable bonds is 1. The molecule has 2 heterocycles. The molecule has 0 radical (unpaired) electrons. The lowest BCUT2D eigenvalue weighted by molar-refractivity contribution is 0.0131. The van der Waals surface area contributed by atoms with Gasteiger partial charge in [-0.05, 0) is 105 Å². The van der Waals surface area contributed by atoms with Gasteiger partial charge in [0.05, 0.1) is 23.6 Å². The number of hydrogen-bond donors (Lipinski definition) is 1. The number of ether oxygens (including phenoxy) is 2. The first-order chi connectivity index (χ1) is 20.1. The zero-order chi connectivity index (χ0) is 29.6. The first kappa shape index (κ1) is 29.5. The maximum absolute atomic E-state index is 13.4. The number of methoxy groups -OCH3 is 1. The van der Waals surface area contributed by atoms with Crippen molar-refractivity contribution in [2.75, 3.05) is 31.7 Å². The third kappa shape index (κ3) is 5.46. The molecule has 1 amide bonds. The van der Waals surface area contributed by atoms with Gasteiger partial charge in [-0.2, -0.15) is 0 Å². The second-order valence-electron chi connectivity index (χ2n) is 12.8. The van der Waals surface area contributed by atoms with E-state index in [2.05, 4.69) is 27.8 Å². The van der Waals surface area contributed by atoms with Crippen molar-refractivity contribution in [3.8, 4) is 5.75 Å². The highest BCUT2D eigenvalue weighted by atomic mass is 35.5. The first-order valence-electron chi connectivity index (χ1n) is 15.2. The molecule has 1 spiro atoms. The Morgan fingerprint density at radius 2 is 1.98 bits per heavy atom. The topological polar surface area (TPSA) is 84.9 Å².